The first-order valence-corrected chi connectivity index (χ1v) is 4.68. The van der Waals surface area contributed by atoms with Crippen molar-refractivity contribution in [3.63, 3.8) is 0 Å². The number of amides is 1. The van der Waals surface area contributed by atoms with Crippen LogP contribution in [-0.4, -0.2) is 47.4 Å². The molecular weight excluding hydrogens is 214 g/mol. The van der Waals surface area contributed by atoms with Crippen LogP contribution in [0.4, 0.5) is 4.79 Å². The molecule has 1 amide bonds. The van der Waals surface area contributed by atoms with Crippen LogP contribution in [-0.2, 0) is 4.74 Å². The molecule has 0 aliphatic heterocycles. The third-order valence-corrected chi connectivity index (χ3v) is 1.79. The minimum atomic E-state index is -0.662. The molecular formula is C9H13N3O4. The summed E-state index contributed by atoms with van der Waals surface area (Å²) in [5.74, 6) is -0.662. The molecule has 16 heavy (non-hydrogen) atoms. The molecule has 0 saturated carbocycles. The van der Waals surface area contributed by atoms with Crippen LogP contribution in [0, 0.1) is 0 Å². The highest BCUT2D eigenvalue weighted by molar-refractivity contribution is 5.88. The predicted octanol–water partition coefficient (Wildman–Crippen LogP) is -0.117. The number of rotatable bonds is 2. The Morgan fingerprint density at radius 2 is 2.12 bits per heavy atom. The second-order valence-electron chi connectivity index (χ2n) is 3.24. The Morgan fingerprint density at radius 3 is 2.62 bits per heavy atom. The average Bonchev–Trinajstić information content (AvgIpc) is 2.59. The van der Waals surface area contributed by atoms with Crippen molar-refractivity contribution in [1.82, 2.24) is 14.7 Å². The molecule has 0 spiro atoms. The van der Waals surface area contributed by atoms with Gasteiger partial charge in [-0.3, -0.25) is 9.89 Å². The first-order chi connectivity index (χ1) is 7.47. The third-order valence-electron chi connectivity index (χ3n) is 1.79. The van der Waals surface area contributed by atoms with E-state index in [-0.39, 0.29) is 12.3 Å². The van der Waals surface area contributed by atoms with E-state index < -0.39 is 17.6 Å². The van der Waals surface area contributed by atoms with Gasteiger partial charge < -0.3 is 9.64 Å². The van der Waals surface area contributed by atoms with Crippen LogP contribution in [0.25, 0.3) is 0 Å². The van der Waals surface area contributed by atoms with Gasteiger partial charge >= 0.3 is 12.0 Å². The van der Waals surface area contributed by atoms with E-state index in [9.17, 15) is 14.4 Å². The first kappa shape index (κ1) is 12.0. The molecule has 1 aromatic heterocycles. The molecule has 1 N–H and O–H groups in total. The van der Waals surface area contributed by atoms with Gasteiger partial charge in [0.15, 0.2) is 0 Å². The fourth-order valence-corrected chi connectivity index (χ4v) is 1.05. The first-order valence-electron chi connectivity index (χ1n) is 4.68. The molecule has 0 radical (unpaired) electrons. The molecule has 7 nitrogen and oxygen atoms in total. The maximum Gasteiger partial charge on any atom is 0.356 e. The Bertz CT molecular complexity index is 458. The van der Waals surface area contributed by atoms with Gasteiger partial charge in [0.2, 0.25) is 0 Å². The van der Waals surface area contributed by atoms with Crippen molar-refractivity contribution in [2.45, 2.75) is 6.92 Å². The lowest BCUT2D eigenvalue weighted by atomic mass is 10.4. The molecule has 1 aromatic rings. The van der Waals surface area contributed by atoms with Crippen molar-refractivity contribution in [2.24, 2.45) is 0 Å². The Balaban J connectivity index is 3.03. The molecule has 0 aromatic carbocycles. The molecule has 0 saturated heterocycles. The molecule has 0 aliphatic rings. The highest BCUT2D eigenvalue weighted by Gasteiger charge is 2.16. The number of esters is 1. The summed E-state index contributed by atoms with van der Waals surface area (Å²) >= 11 is 0. The van der Waals surface area contributed by atoms with Crippen LogP contribution in [0.2, 0.25) is 0 Å². The molecule has 7 heteroatoms. The van der Waals surface area contributed by atoms with Gasteiger partial charge in [0.25, 0.3) is 5.56 Å². The standard InChI is InChI=1S/C9H13N3O4/c1-4-16-8(14)6-5-7(13)12(10-6)9(15)11(2)3/h5,10H,4H2,1-3H3. The van der Waals surface area contributed by atoms with Gasteiger partial charge in [0.1, 0.15) is 5.69 Å². The molecule has 1 rings (SSSR count). The van der Waals surface area contributed by atoms with Gasteiger partial charge in [0, 0.05) is 20.2 Å². The molecule has 0 aliphatic carbocycles. The van der Waals surface area contributed by atoms with E-state index in [1.807, 2.05) is 0 Å². The summed E-state index contributed by atoms with van der Waals surface area (Å²) < 4.78 is 5.43. The summed E-state index contributed by atoms with van der Waals surface area (Å²) in [7, 11) is 3.00. The van der Waals surface area contributed by atoms with Crippen LogP contribution in [0.1, 0.15) is 17.4 Å². The lowest BCUT2D eigenvalue weighted by Crippen LogP contribution is -2.34. The van der Waals surface area contributed by atoms with Crippen molar-refractivity contribution in [2.75, 3.05) is 20.7 Å². The molecule has 1 heterocycles. The summed E-state index contributed by atoms with van der Waals surface area (Å²) in [6, 6.07) is 0.472. The Morgan fingerprint density at radius 1 is 1.50 bits per heavy atom. The van der Waals surface area contributed by atoms with Crippen molar-refractivity contribution < 1.29 is 14.3 Å². The number of carbonyl (C=O) groups is 2. The van der Waals surface area contributed by atoms with Gasteiger partial charge in [-0.2, -0.15) is 4.68 Å². The minimum Gasteiger partial charge on any atom is -0.461 e. The second-order valence-corrected chi connectivity index (χ2v) is 3.24. The number of hydrogen-bond acceptors (Lipinski definition) is 4. The summed E-state index contributed by atoms with van der Waals surface area (Å²) in [5, 5.41) is 2.39. The van der Waals surface area contributed by atoms with Gasteiger partial charge in [-0.15, -0.1) is 0 Å². The zero-order valence-corrected chi connectivity index (χ0v) is 9.31. The van der Waals surface area contributed by atoms with Gasteiger partial charge in [0.05, 0.1) is 6.61 Å². The van der Waals surface area contributed by atoms with E-state index in [4.69, 9.17) is 0 Å². The number of nitrogens with one attached hydrogen (secondary N) is 1. The highest BCUT2D eigenvalue weighted by Crippen LogP contribution is 1.95. The topological polar surface area (TPSA) is 84.4 Å². The lowest BCUT2D eigenvalue weighted by Gasteiger charge is -2.08. The number of hydrogen-bond donors (Lipinski definition) is 1. The zero-order valence-electron chi connectivity index (χ0n) is 9.31. The fraction of sp³-hybridized carbons (Fsp3) is 0.444. The Hall–Kier alpha value is -2.05. The zero-order chi connectivity index (χ0) is 12.3. The maximum absolute atomic E-state index is 11.5. The fourth-order valence-electron chi connectivity index (χ4n) is 1.05. The van der Waals surface area contributed by atoms with E-state index >= 15 is 0 Å². The van der Waals surface area contributed by atoms with E-state index in [1.165, 1.54) is 19.0 Å². The van der Waals surface area contributed by atoms with E-state index in [1.54, 1.807) is 6.92 Å². The summed E-state index contributed by atoms with van der Waals surface area (Å²) in [6.45, 7) is 1.85. The van der Waals surface area contributed by atoms with Crippen molar-refractivity contribution in [1.29, 1.82) is 0 Å². The number of aromatic nitrogens is 2. The average molecular weight is 227 g/mol. The minimum absolute atomic E-state index is 0.0398. The van der Waals surface area contributed by atoms with Crippen molar-refractivity contribution in [3.8, 4) is 0 Å². The van der Waals surface area contributed by atoms with Crippen LogP contribution < -0.4 is 5.56 Å². The molecule has 0 fully saturated rings. The second kappa shape index (κ2) is 4.65. The largest absolute Gasteiger partial charge is 0.461 e. The highest BCUT2D eigenvalue weighted by atomic mass is 16.5. The number of nitrogens with zero attached hydrogens (tertiary/aromatic N) is 2. The van der Waals surface area contributed by atoms with Crippen LogP contribution in [0.5, 0.6) is 0 Å². The quantitative estimate of drug-likeness (QED) is 0.714. The molecule has 0 bridgehead atoms. The Kier molecular flexibility index (Phi) is 3.49. The van der Waals surface area contributed by atoms with Crippen molar-refractivity contribution >= 4 is 12.0 Å². The smallest absolute Gasteiger partial charge is 0.356 e. The SMILES string of the molecule is CCOC(=O)c1cc(=O)n(C(=O)N(C)C)[nH]1. The van der Waals surface area contributed by atoms with E-state index in [0.717, 1.165) is 10.7 Å². The molecule has 0 unspecified atom stereocenters. The summed E-state index contributed by atoms with van der Waals surface area (Å²) in [6.07, 6.45) is 0. The summed E-state index contributed by atoms with van der Waals surface area (Å²) in [4.78, 5) is 35.3. The normalized spacial score (nSPS) is 9.94. The van der Waals surface area contributed by atoms with E-state index in [0.29, 0.717) is 0 Å². The number of H-pyrrole nitrogens is 1. The predicted molar refractivity (Wildman–Crippen MR) is 55.5 cm³/mol. The van der Waals surface area contributed by atoms with Gasteiger partial charge in [-0.25, -0.2) is 9.59 Å². The lowest BCUT2D eigenvalue weighted by molar-refractivity contribution is 0.0519. The van der Waals surface area contributed by atoms with E-state index in [2.05, 4.69) is 9.84 Å². The number of ether oxygens (including phenoxy) is 1. The maximum atomic E-state index is 11.5. The monoisotopic (exact) mass is 227 g/mol. The molecule has 0 atom stereocenters. The number of aromatic amines is 1. The van der Waals surface area contributed by atoms with Gasteiger partial charge in [-0.1, -0.05) is 0 Å². The van der Waals surface area contributed by atoms with Crippen LogP contribution in [0.15, 0.2) is 10.9 Å². The van der Waals surface area contributed by atoms with Crippen LogP contribution >= 0.6 is 0 Å². The summed E-state index contributed by atoms with van der Waals surface area (Å²) in [5.41, 5.74) is -0.635. The molecule has 88 valence electrons. The Labute approximate surface area is 91.6 Å². The van der Waals surface area contributed by atoms with Crippen molar-refractivity contribution in [3.05, 3.63) is 22.1 Å². The van der Waals surface area contributed by atoms with Crippen LogP contribution in [0.3, 0.4) is 0 Å². The van der Waals surface area contributed by atoms with Gasteiger partial charge in [-0.05, 0) is 6.92 Å². The third kappa shape index (κ3) is 2.30. The number of carbonyl (C=O) groups excluding carboxylic acids is 2.